The Kier molecular flexibility index (Phi) is 8.22. The van der Waals surface area contributed by atoms with E-state index in [1.165, 1.54) is 0 Å². The van der Waals surface area contributed by atoms with Crippen molar-refractivity contribution in [1.82, 2.24) is 0 Å². The van der Waals surface area contributed by atoms with Crippen molar-refractivity contribution in [2.24, 2.45) is 0 Å². The first-order valence-corrected chi connectivity index (χ1v) is 6.71. The van der Waals surface area contributed by atoms with Crippen LogP contribution in [-0.2, 0) is 13.3 Å². The zero-order valence-electron chi connectivity index (χ0n) is 9.90. The van der Waals surface area contributed by atoms with E-state index in [1.807, 2.05) is 30.0 Å². The molecule has 0 rings (SSSR count). The molecule has 0 bridgehead atoms. The van der Waals surface area contributed by atoms with Gasteiger partial charge in [-0.25, -0.2) is 0 Å². The summed E-state index contributed by atoms with van der Waals surface area (Å²) in [7, 11) is 2.22. The molecule has 0 radical (unpaired) electrons. The monoisotopic (exact) mass is 228 g/mol. The molecule has 0 aliphatic rings. The van der Waals surface area contributed by atoms with Gasteiger partial charge in [0, 0.05) is 21.3 Å². The maximum absolute atomic E-state index is 5.22. The Morgan fingerprint density at radius 1 is 0.867 bits per heavy atom. The summed E-state index contributed by atoms with van der Waals surface area (Å²) in [6.07, 6.45) is 10.9. The molecular formula is C11H20O3Si. The van der Waals surface area contributed by atoms with E-state index in [0.717, 1.165) is 6.42 Å². The summed E-state index contributed by atoms with van der Waals surface area (Å²) in [5.74, 6) is 0. The van der Waals surface area contributed by atoms with Crippen molar-refractivity contribution in [3.63, 3.8) is 0 Å². The first-order valence-electron chi connectivity index (χ1n) is 4.91. The van der Waals surface area contributed by atoms with Gasteiger partial charge in [-0.15, -0.1) is 0 Å². The van der Waals surface area contributed by atoms with Crippen molar-refractivity contribution in [2.45, 2.75) is 13.3 Å². The second-order valence-electron chi connectivity index (χ2n) is 2.80. The van der Waals surface area contributed by atoms with Crippen LogP contribution in [0.15, 0.2) is 36.1 Å². The topological polar surface area (TPSA) is 27.7 Å². The van der Waals surface area contributed by atoms with E-state index >= 15 is 0 Å². The summed E-state index contributed by atoms with van der Waals surface area (Å²) < 4.78 is 15.7. The van der Waals surface area contributed by atoms with Gasteiger partial charge in [0.2, 0.25) is 0 Å². The van der Waals surface area contributed by atoms with E-state index in [-0.39, 0.29) is 0 Å². The van der Waals surface area contributed by atoms with Crippen molar-refractivity contribution in [3.8, 4) is 0 Å². The summed E-state index contributed by atoms with van der Waals surface area (Å²) in [5, 5.41) is 0. The fraction of sp³-hybridized carbons (Fsp3) is 0.455. The highest BCUT2D eigenvalue weighted by Crippen LogP contribution is 2.07. The van der Waals surface area contributed by atoms with Crippen LogP contribution in [-0.4, -0.2) is 30.1 Å². The standard InChI is InChI=1S/C11H20O3Si/c1-5-6-7-8-9-10-11-15(12-2,13-3)14-4/h6-11H,5H2,1-4H3. The molecular weight excluding hydrogens is 208 g/mol. The largest absolute Gasteiger partial charge is 0.528 e. The smallest absolute Gasteiger partial charge is 0.374 e. The van der Waals surface area contributed by atoms with Crippen LogP contribution in [0.25, 0.3) is 0 Å². The minimum atomic E-state index is -2.54. The van der Waals surface area contributed by atoms with Gasteiger partial charge >= 0.3 is 8.80 Å². The summed E-state index contributed by atoms with van der Waals surface area (Å²) >= 11 is 0. The quantitative estimate of drug-likeness (QED) is 0.495. The third-order valence-electron chi connectivity index (χ3n) is 1.86. The highest BCUT2D eigenvalue weighted by molar-refractivity contribution is 6.66. The van der Waals surface area contributed by atoms with Crippen molar-refractivity contribution in [1.29, 1.82) is 0 Å². The maximum atomic E-state index is 5.22. The molecule has 0 spiro atoms. The predicted molar refractivity (Wildman–Crippen MR) is 64.5 cm³/mol. The van der Waals surface area contributed by atoms with Crippen LogP contribution in [0.1, 0.15) is 13.3 Å². The second-order valence-corrected chi connectivity index (χ2v) is 5.56. The molecule has 0 fully saturated rings. The van der Waals surface area contributed by atoms with Gasteiger partial charge in [-0.2, -0.15) is 0 Å². The Bertz CT molecular complexity index is 222. The van der Waals surface area contributed by atoms with Gasteiger partial charge in [0.05, 0.1) is 0 Å². The zero-order chi connectivity index (χ0) is 11.6. The molecule has 86 valence electrons. The molecule has 0 unspecified atom stereocenters. The summed E-state index contributed by atoms with van der Waals surface area (Å²) in [6.45, 7) is 2.10. The minimum absolute atomic E-state index is 1.04. The highest BCUT2D eigenvalue weighted by atomic mass is 28.4. The fourth-order valence-electron chi connectivity index (χ4n) is 0.970. The van der Waals surface area contributed by atoms with Crippen molar-refractivity contribution in [3.05, 3.63) is 36.1 Å². The van der Waals surface area contributed by atoms with E-state index < -0.39 is 8.80 Å². The van der Waals surface area contributed by atoms with E-state index in [1.54, 1.807) is 21.3 Å². The van der Waals surface area contributed by atoms with Crippen LogP contribution in [0.5, 0.6) is 0 Å². The number of allylic oxidation sites excluding steroid dienone is 5. The van der Waals surface area contributed by atoms with Gasteiger partial charge in [0.1, 0.15) is 0 Å². The van der Waals surface area contributed by atoms with Gasteiger partial charge in [0.25, 0.3) is 0 Å². The third-order valence-corrected chi connectivity index (χ3v) is 4.17. The molecule has 0 atom stereocenters. The Morgan fingerprint density at radius 2 is 1.40 bits per heavy atom. The Labute approximate surface area is 93.4 Å². The Hall–Kier alpha value is -0.683. The average molecular weight is 228 g/mol. The molecule has 0 heterocycles. The highest BCUT2D eigenvalue weighted by Gasteiger charge is 2.33. The molecule has 0 aromatic heterocycles. The Balaban J connectivity index is 4.23. The van der Waals surface area contributed by atoms with Gasteiger partial charge in [0.15, 0.2) is 0 Å². The van der Waals surface area contributed by atoms with Crippen LogP contribution in [0.2, 0.25) is 0 Å². The maximum Gasteiger partial charge on any atom is 0.528 e. The number of rotatable bonds is 7. The number of hydrogen-bond acceptors (Lipinski definition) is 3. The van der Waals surface area contributed by atoms with Crippen LogP contribution < -0.4 is 0 Å². The summed E-state index contributed by atoms with van der Waals surface area (Å²) in [6, 6.07) is 0. The van der Waals surface area contributed by atoms with Crippen LogP contribution in [0.4, 0.5) is 0 Å². The average Bonchev–Trinajstić information content (AvgIpc) is 2.29. The van der Waals surface area contributed by atoms with Crippen LogP contribution >= 0.6 is 0 Å². The number of hydrogen-bond donors (Lipinski definition) is 0. The van der Waals surface area contributed by atoms with Gasteiger partial charge < -0.3 is 13.3 Å². The molecule has 0 saturated heterocycles. The second kappa shape index (κ2) is 8.61. The molecule has 15 heavy (non-hydrogen) atoms. The molecule has 0 amide bonds. The molecule has 0 aromatic carbocycles. The lowest BCUT2D eigenvalue weighted by Gasteiger charge is -2.19. The molecule has 0 aromatic rings. The lowest BCUT2D eigenvalue weighted by Crippen LogP contribution is -2.40. The summed E-state index contributed by atoms with van der Waals surface area (Å²) in [5.41, 5.74) is 1.84. The van der Waals surface area contributed by atoms with Gasteiger partial charge in [-0.05, 0) is 12.1 Å². The van der Waals surface area contributed by atoms with Crippen LogP contribution in [0, 0.1) is 0 Å². The first kappa shape index (κ1) is 14.3. The van der Waals surface area contributed by atoms with Crippen LogP contribution in [0.3, 0.4) is 0 Å². The van der Waals surface area contributed by atoms with E-state index in [4.69, 9.17) is 13.3 Å². The SMILES string of the molecule is CCC=CC=CC=C[Si](OC)(OC)OC. The molecule has 0 saturated carbocycles. The van der Waals surface area contributed by atoms with Crippen molar-refractivity contribution < 1.29 is 13.3 Å². The lowest BCUT2D eigenvalue weighted by molar-refractivity contribution is 0.138. The van der Waals surface area contributed by atoms with Crippen molar-refractivity contribution >= 4 is 8.80 Å². The van der Waals surface area contributed by atoms with Gasteiger partial charge in [-0.3, -0.25) is 0 Å². The normalized spacial score (nSPS) is 13.6. The molecule has 0 aliphatic carbocycles. The third kappa shape index (κ3) is 5.69. The predicted octanol–water partition coefficient (Wildman–Crippen LogP) is 2.48. The van der Waals surface area contributed by atoms with E-state index in [9.17, 15) is 0 Å². The van der Waals surface area contributed by atoms with Gasteiger partial charge in [-0.1, -0.05) is 37.3 Å². The van der Waals surface area contributed by atoms with E-state index in [0.29, 0.717) is 0 Å². The molecule has 3 nitrogen and oxygen atoms in total. The summed E-state index contributed by atoms with van der Waals surface area (Å²) in [4.78, 5) is 0. The van der Waals surface area contributed by atoms with Crippen molar-refractivity contribution in [2.75, 3.05) is 21.3 Å². The zero-order valence-corrected chi connectivity index (χ0v) is 10.9. The minimum Gasteiger partial charge on any atom is -0.374 e. The lowest BCUT2D eigenvalue weighted by atomic mass is 10.4. The molecule has 4 heteroatoms. The Morgan fingerprint density at radius 3 is 1.87 bits per heavy atom. The molecule has 0 N–H and O–H groups in total. The fourth-order valence-corrected chi connectivity index (χ4v) is 2.23. The van der Waals surface area contributed by atoms with E-state index in [2.05, 4.69) is 13.0 Å². The molecule has 0 aliphatic heterocycles. The first-order chi connectivity index (χ1) is 7.24.